The van der Waals surface area contributed by atoms with Crippen LogP contribution in [0, 0.1) is 0 Å². The Kier molecular flexibility index (Phi) is 9.63. The summed E-state index contributed by atoms with van der Waals surface area (Å²) >= 11 is 1.58. The van der Waals surface area contributed by atoms with Crippen molar-refractivity contribution in [2.24, 2.45) is 0 Å². The van der Waals surface area contributed by atoms with Gasteiger partial charge in [0.25, 0.3) is 5.91 Å². The zero-order chi connectivity index (χ0) is 29.5. The minimum absolute atomic E-state index is 0.00454. The molecule has 0 unspecified atom stereocenters. The van der Waals surface area contributed by atoms with Gasteiger partial charge in [-0.15, -0.1) is 11.3 Å². The molecule has 2 aromatic heterocycles. The van der Waals surface area contributed by atoms with E-state index in [1.165, 1.54) is 4.88 Å². The smallest absolute Gasteiger partial charge is 0.319 e. The first-order valence-electron chi connectivity index (χ1n) is 14.1. The number of rotatable bonds is 11. The molecular weight excluding hydrogens is 554 g/mol. The van der Waals surface area contributed by atoms with Gasteiger partial charge in [0.1, 0.15) is 23.4 Å². The van der Waals surface area contributed by atoms with Gasteiger partial charge in [0.15, 0.2) is 0 Å². The van der Waals surface area contributed by atoms with Gasteiger partial charge >= 0.3 is 6.01 Å². The summed E-state index contributed by atoms with van der Waals surface area (Å²) in [5, 5.41) is 19.8. The molecule has 0 bridgehead atoms. The fourth-order valence-electron chi connectivity index (χ4n) is 4.87. The molecule has 1 aliphatic heterocycles. The highest BCUT2D eigenvalue weighted by molar-refractivity contribution is 7.18. The van der Waals surface area contributed by atoms with E-state index in [9.17, 15) is 14.7 Å². The molecule has 42 heavy (non-hydrogen) atoms. The van der Waals surface area contributed by atoms with Crippen LogP contribution in [0.15, 0.2) is 66.7 Å². The molecule has 2 amide bonds. The number of hydrogen-bond donors (Lipinski definition) is 2. The number of carbonyl (C=O) groups excluding carboxylic acids is 2. The van der Waals surface area contributed by atoms with Crippen molar-refractivity contribution < 1.29 is 24.5 Å². The Hall–Kier alpha value is -4.06. The predicted molar refractivity (Wildman–Crippen MR) is 163 cm³/mol. The summed E-state index contributed by atoms with van der Waals surface area (Å²) in [7, 11) is 0. The number of aryl methyl sites for hydroxylation is 1. The van der Waals surface area contributed by atoms with Gasteiger partial charge in [0.05, 0.1) is 12.0 Å². The SMILES string of the molecule is CCc1cc2c(N3CCN(C(=O)CCN(C(=O)c4ccccc4)c4ccccc4)CC3)nc(OC[C@H](O)CO)nc2s1. The molecule has 1 saturated heterocycles. The van der Waals surface area contributed by atoms with Gasteiger partial charge in [0, 0.05) is 55.3 Å². The van der Waals surface area contributed by atoms with Crippen molar-refractivity contribution in [1.82, 2.24) is 14.9 Å². The van der Waals surface area contributed by atoms with Crippen LogP contribution in [-0.4, -0.2) is 88.9 Å². The summed E-state index contributed by atoms with van der Waals surface area (Å²) in [4.78, 5) is 43.4. The number of benzene rings is 2. The molecule has 220 valence electrons. The third-order valence-corrected chi connectivity index (χ3v) is 8.36. The van der Waals surface area contributed by atoms with E-state index in [4.69, 9.17) is 9.84 Å². The lowest BCUT2D eigenvalue weighted by atomic mass is 10.1. The van der Waals surface area contributed by atoms with Crippen molar-refractivity contribution in [2.45, 2.75) is 25.9 Å². The summed E-state index contributed by atoms with van der Waals surface area (Å²) in [5.41, 5.74) is 1.33. The Labute approximate surface area is 248 Å². The molecule has 1 atom stereocenters. The lowest BCUT2D eigenvalue weighted by Crippen LogP contribution is -2.49. The van der Waals surface area contributed by atoms with Crippen LogP contribution in [0.4, 0.5) is 11.5 Å². The number of para-hydroxylation sites is 1. The highest BCUT2D eigenvalue weighted by Gasteiger charge is 2.26. The number of nitrogens with zero attached hydrogens (tertiary/aromatic N) is 5. The molecule has 2 N–H and O–H groups in total. The highest BCUT2D eigenvalue weighted by atomic mass is 32.1. The number of carbonyl (C=O) groups is 2. The average Bonchev–Trinajstić information content (AvgIpc) is 3.47. The van der Waals surface area contributed by atoms with Gasteiger partial charge in [0.2, 0.25) is 5.91 Å². The Balaban J connectivity index is 1.25. The fraction of sp³-hybridized carbons (Fsp3) is 0.355. The maximum absolute atomic E-state index is 13.3. The third-order valence-electron chi connectivity index (χ3n) is 7.18. The van der Waals surface area contributed by atoms with E-state index < -0.39 is 12.7 Å². The van der Waals surface area contributed by atoms with Crippen molar-refractivity contribution in [3.8, 4) is 6.01 Å². The minimum Gasteiger partial charge on any atom is -0.461 e. The highest BCUT2D eigenvalue weighted by Crippen LogP contribution is 2.33. The Bertz CT molecular complexity index is 1490. The molecule has 5 rings (SSSR count). The van der Waals surface area contributed by atoms with Crippen molar-refractivity contribution in [1.29, 1.82) is 0 Å². The first-order chi connectivity index (χ1) is 20.5. The zero-order valence-corrected chi connectivity index (χ0v) is 24.4. The molecule has 1 aliphatic rings. The normalized spacial score (nSPS) is 14.2. The molecule has 0 spiro atoms. The van der Waals surface area contributed by atoms with Gasteiger partial charge in [-0.2, -0.15) is 9.97 Å². The Morgan fingerprint density at radius 2 is 1.71 bits per heavy atom. The van der Waals surface area contributed by atoms with E-state index in [2.05, 4.69) is 27.9 Å². The molecule has 0 radical (unpaired) electrons. The van der Waals surface area contributed by atoms with Crippen LogP contribution in [0.2, 0.25) is 0 Å². The molecule has 10 nitrogen and oxygen atoms in total. The monoisotopic (exact) mass is 589 g/mol. The van der Waals surface area contributed by atoms with E-state index in [1.807, 2.05) is 53.4 Å². The lowest BCUT2D eigenvalue weighted by Gasteiger charge is -2.36. The maximum Gasteiger partial charge on any atom is 0.319 e. The van der Waals surface area contributed by atoms with Gasteiger partial charge < -0.3 is 29.6 Å². The second kappa shape index (κ2) is 13.7. The Morgan fingerprint density at radius 3 is 2.38 bits per heavy atom. The second-order valence-corrected chi connectivity index (χ2v) is 11.2. The average molecular weight is 590 g/mol. The molecular formula is C31H35N5O5S. The molecule has 0 saturated carbocycles. The van der Waals surface area contributed by atoms with Gasteiger partial charge in [-0.05, 0) is 36.8 Å². The number of anilines is 2. The van der Waals surface area contributed by atoms with Gasteiger partial charge in [-0.25, -0.2) is 0 Å². The zero-order valence-electron chi connectivity index (χ0n) is 23.6. The lowest BCUT2D eigenvalue weighted by molar-refractivity contribution is -0.131. The van der Waals surface area contributed by atoms with E-state index >= 15 is 0 Å². The number of ether oxygens (including phenoxy) is 1. The summed E-state index contributed by atoms with van der Waals surface area (Å²) in [5.74, 6) is 0.592. The molecule has 3 heterocycles. The Morgan fingerprint density at radius 1 is 1.02 bits per heavy atom. The van der Waals surface area contributed by atoms with Crippen LogP contribution in [0.1, 0.15) is 28.6 Å². The number of thiophene rings is 1. The van der Waals surface area contributed by atoms with Crippen molar-refractivity contribution in [3.05, 3.63) is 77.2 Å². The fourth-order valence-corrected chi connectivity index (χ4v) is 5.82. The molecule has 1 fully saturated rings. The van der Waals surface area contributed by atoms with Crippen molar-refractivity contribution >= 4 is 44.9 Å². The second-order valence-electron chi connectivity index (χ2n) is 10.0. The molecule has 0 aliphatic carbocycles. The van der Waals surface area contributed by atoms with Crippen molar-refractivity contribution in [2.75, 3.05) is 55.7 Å². The molecule has 11 heteroatoms. The number of amides is 2. The first-order valence-corrected chi connectivity index (χ1v) is 14.9. The van der Waals surface area contributed by atoms with Crippen LogP contribution in [0.3, 0.4) is 0 Å². The number of aromatic nitrogens is 2. The van der Waals surface area contributed by atoms with Crippen LogP contribution in [-0.2, 0) is 11.2 Å². The van der Waals surface area contributed by atoms with E-state index in [0.29, 0.717) is 31.7 Å². The number of hydrogen-bond acceptors (Lipinski definition) is 9. The number of aliphatic hydroxyl groups excluding tert-OH is 2. The number of aliphatic hydroxyl groups is 2. The van der Waals surface area contributed by atoms with E-state index in [1.54, 1.807) is 28.4 Å². The van der Waals surface area contributed by atoms with E-state index in [0.717, 1.165) is 28.1 Å². The van der Waals surface area contributed by atoms with Crippen LogP contribution < -0.4 is 14.5 Å². The van der Waals surface area contributed by atoms with Crippen LogP contribution >= 0.6 is 11.3 Å². The van der Waals surface area contributed by atoms with Gasteiger partial charge in [-0.1, -0.05) is 43.3 Å². The quantitative estimate of drug-likeness (QED) is 0.273. The summed E-state index contributed by atoms with van der Waals surface area (Å²) in [6.45, 7) is 4.05. The topological polar surface area (TPSA) is 119 Å². The standard InChI is InChI=1S/C31H35N5O5S/c1-2-25-19-26-28(32-31(33-29(26)42-25)41-21-24(38)20-37)35-17-15-34(16-18-35)27(39)13-14-36(23-11-7-4-8-12-23)30(40)22-9-5-3-6-10-22/h3-12,19,24,37-38H,2,13-18,20-21H2,1H3/t24-/m1/s1. The maximum atomic E-state index is 13.3. The minimum atomic E-state index is -1.02. The van der Waals surface area contributed by atoms with Crippen LogP contribution in [0.5, 0.6) is 6.01 Å². The van der Waals surface area contributed by atoms with Crippen LogP contribution in [0.25, 0.3) is 10.2 Å². The van der Waals surface area contributed by atoms with E-state index in [-0.39, 0.29) is 37.4 Å². The molecule has 4 aromatic rings. The largest absolute Gasteiger partial charge is 0.461 e. The van der Waals surface area contributed by atoms with Gasteiger partial charge in [-0.3, -0.25) is 9.59 Å². The van der Waals surface area contributed by atoms with Crippen molar-refractivity contribution in [3.63, 3.8) is 0 Å². The number of fused-ring (bicyclic) bond motifs is 1. The third kappa shape index (κ3) is 6.87. The molecule has 2 aromatic carbocycles. The number of piperazine rings is 1. The summed E-state index contributed by atoms with van der Waals surface area (Å²) in [6.07, 6.45) is 0.0630. The summed E-state index contributed by atoms with van der Waals surface area (Å²) < 4.78 is 5.59. The summed E-state index contributed by atoms with van der Waals surface area (Å²) in [6, 6.07) is 20.8. The first kappa shape index (κ1) is 29.4. The predicted octanol–water partition coefficient (Wildman–Crippen LogP) is 3.37.